The van der Waals surface area contributed by atoms with Crippen LogP contribution < -0.4 is 9.92 Å². The number of pyridine rings is 1. The van der Waals surface area contributed by atoms with Crippen LogP contribution in [0.4, 0.5) is 8.78 Å². The van der Waals surface area contributed by atoms with E-state index in [9.17, 15) is 13.6 Å². The van der Waals surface area contributed by atoms with Crippen LogP contribution in [0.25, 0.3) is 10.9 Å². The standard InChI is InChI=1S/C18H17F2NO2Si/c1-11-15(10-12-8-9-13(19)17(20)18(12)21-11)23-14-6-4-5-7-16(14)24(2,3)22/h4-10,22H,1-3H3. The van der Waals surface area contributed by atoms with Gasteiger partial charge in [0.2, 0.25) is 8.32 Å². The van der Waals surface area contributed by atoms with Gasteiger partial charge in [0, 0.05) is 10.6 Å². The van der Waals surface area contributed by atoms with Crippen molar-refractivity contribution < 1.29 is 18.3 Å². The molecule has 0 saturated heterocycles. The Morgan fingerprint density at radius 1 is 1.04 bits per heavy atom. The maximum atomic E-state index is 13.9. The molecule has 1 heterocycles. The lowest BCUT2D eigenvalue weighted by molar-refractivity contribution is 0.476. The molecule has 1 aromatic heterocycles. The molecular weight excluding hydrogens is 328 g/mol. The molecule has 24 heavy (non-hydrogen) atoms. The monoisotopic (exact) mass is 345 g/mol. The number of nitrogens with zero attached hydrogens (tertiary/aromatic N) is 1. The summed E-state index contributed by atoms with van der Waals surface area (Å²) >= 11 is 0. The molecule has 0 atom stereocenters. The Hall–Kier alpha value is -2.31. The molecule has 0 spiro atoms. The molecule has 3 nitrogen and oxygen atoms in total. The van der Waals surface area contributed by atoms with Crippen molar-refractivity contribution in [2.75, 3.05) is 0 Å². The molecule has 0 unspecified atom stereocenters. The van der Waals surface area contributed by atoms with Crippen molar-refractivity contribution in [1.82, 2.24) is 4.98 Å². The normalized spacial score (nSPS) is 11.8. The number of rotatable bonds is 3. The summed E-state index contributed by atoms with van der Waals surface area (Å²) < 4.78 is 33.1. The van der Waals surface area contributed by atoms with E-state index < -0.39 is 20.0 Å². The van der Waals surface area contributed by atoms with Crippen LogP contribution in [0, 0.1) is 18.6 Å². The van der Waals surface area contributed by atoms with Crippen molar-refractivity contribution in [3.05, 3.63) is 59.8 Å². The maximum absolute atomic E-state index is 13.9. The highest BCUT2D eigenvalue weighted by Gasteiger charge is 2.25. The van der Waals surface area contributed by atoms with E-state index in [-0.39, 0.29) is 5.52 Å². The number of aryl methyl sites for hydroxylation is 1. The Labute approximate surface area is 139 Å². The second kappa shape index (κ2) is 5.96. The zero-order valence-corrected chi connectivity index (χ0v) is 14.6. The Kier molecular flexibility index (Phi) is 4.11. The molecule has 0 aliphatic carbocycles. The molecule has 0 bridgehead atoms. The molecule has 0 saturated carbocycles. The molecule has 2 aromatic carbocycles. The van der Waals surface area contributed by atoms with E-state index in [2.05, 4.69) is 4.98 Å². The van der Waals surface area contributed by atoms with Gasteiger partial charge in [-0.1, -0.05) is 18.2 Å². The number of hydrogen-bond acceptors (Lipinski definition) is 3. The third kappa shape index (κ3) is 3.02. The SMILES string of the molecule is Cc1nc2c(F)c(F)ccc2cc1Oc1ccccc1[Si](C)(C)O. The molecule has 1 N–H and O–H groups in total. The van der Waals surface area contributed by atoms with Gasteiger partial charge in [-0.25, -0.2) is 13.8 Å². The van der Waals surface area contributed by atoms with Crippen LogP contribution in [0.5, 0.6) is 11.5 Å². The van der Waals surface area contributed by atoms with Gasteiger partial charge in [0.25, 0.3) is 0 Å². The molecular formula is C18H17F2NO2Si. The first-order valence-electron chi connectivity index (χ1n) is 7.52. The quantitative estimate of drug-likeness (QED) is 0.729. The summed E-state index contributed by atoms with van der Waals surface area (Å²) in [7, 11) is -2.57. The number of fused-ring (bicyclic) bond motifs is 1. The smallest absolute Gasteiger partial charge is 0.217 e. The van der Waals surface area contributed by atoms with E-state index in [0.717, 1.165) is 11.3 Å². The molecule has 0 aliphatic rings. The molecule has 0 aliphatic heterocycles. The summed E-state index contributed by atoms with van der Waals surface area (Å²) in [6.07, 6.45) is 0. The number of hydrogen-bond donors (Lipinski definition) is 1. The van der Waals surface area contributed by atoms with E-state index in [0.29, 0.717) is 22.6 Å². The molecule has 124 valence electrons. The lowest BCUT2D eigenvalue weighted by Crippen LogP contribution is -2.41. The van der Waals surface area contributed by atoms with E-state index in [1.807, 2.05) is 18.2 Å². The van der Waals surface area contributed by atoms with Crippen molar-refractivity contribution in [3.63, 3.8) is 0 Å². The minimum atomic E-state index is -2.57. The first kappa shape index (κ1) is 16.5. The average Bonchev–Trinajstić information content (AvgIpc) is 2.52. The minimum Gasteiger partial charge on any atom is -0.455 e. The zero-order valence-electron chi connectivity index (χ0n) is 13.6. The van der Waals surface area contributed by atoms with Gasteiger partial charge in [-0.15, -0.1) is 0 Å². The highest BCUT2D eigenvalue weighted by Crippen LogP contribution is 2.29. The minimum absolute atomic E-state index is 0.0231. The number of benzene rings is 2. The average molecular weight is 345 g/mol. The van der Waals surface area contributed by atoms with Gasteiger partial charge in [0.1, 0.15) is 17.0 Å². The Balaban J connectivity index is 2.09. The lowest BCUT2D eigenvalue weighted by Gasteiger charge is -2.19. The van der Waals surface area contributed by atoms with Crippen LogP contribution in [-0.4, -0.2) is 18.1 Å². The predicted molar refractivity (Wildman–Crippen MR) is 92.2 cm³/mol. The fourth-order valence-electron chi connectivity index (χ4n) is 2.54. The largest absolute Gasteiger partial charge is 0.455 e. The van der Waals surface area contributed by atoms with Gasteiger partial charge in [-0.05, 0) is 44.3 Å². The molecule has 0 fully saturated rings. The van der Waals surface area contributed by atoms with Crippen LogP contribution in [-0.2, 0) is 0 Å². The molecule has 3 rings (SSSR count). The second-order valence-corrected chi connectivity index (χ2v) is 9.82. The van der Waals surface area contributed by atoms with Gasteiger partial charge in [0.15, 0.2) is 11.6 Å². The predicted octanol–water partition coefficient (Wildman–Crippen LogP) is 4.02. The summed E-state index contributed by atoms with van der Waals surface area (Å²) in [6, 6.07) is 11.4. The van der Waals surface area contributed by atoms with Crippen molar-refractivity contribution >= 4 is 24.4 Å². The van der Waals surface area contributed by atoms with Crippen LogP contribution in [0.15, 0.2) is 42.5 Å². The Morgan fingerprint density at radius 3 is 2.46 bits per heavy atom. The highest BCUT2D eigenvalue weighted by atomic mass is 28.4. The molecule has 0 amide bonds. The molecule has 6 heteroatoms. The van der Waals surface area contributed by atoms with Crippen LogP contribution in [0.1, 0.15) is 5.69 Å². The van der Waals surface area contributed by atoms with Gasteiger partial charge < -0.3 is 9.53 Å². The number of para-hydroxylation sites is 1. The van der Waals surface area contributed by atoms with E-state index in [1.165, 1.54) is 6.07 Å². The molecule has 3 aromatic rings. The summed E-state index contributed by atoms with van der Waals surface area (Å²) in [6.45, 7) is 5.28. The summed E-state index contributed by atoms with van der Waals surface area (Å²) in [4.78, 5) is 14.5. The van der Waals surface area contributed by atoms with Gasteiger partial charge in [-0.3, -0.25) is 0 Å². The number of halogens is 2. The van der Waals surface area contributed by atoms with Crippen molar-refractivity contribution in [3.8, 4) is 11.5 Å². The fourth-order valence-corrected chi connectivity index (χ4v) is 3.78. The van der Waals surface area contributed by atoms with Crippen molar-refractivity contribution in [2.45, 2.75) is 20.0 Å². The van der Waals surface area contributed by atoms with Crippen LogP contribution in [0.3, 0.4) is 0 Å². The van der Waals surface area contributed by atoms with E-state index in [1.54, 1.807) is 32.2 Å². The fraction of sp³-hybridized carbons (Fsp3) is 0.167. The highest BCUT2D eigenvalue weighted by molar-refractivity contribution is 6.83. The summed E-state index contributed by atoms with van der Waals surface area (Å²) in [5, 5.41) is 1.21. The number of ether oxygens (including phenoxy) is 1. The topological polar surface area (TPSA) is 42.4 Å². The third-order valence-corrected chi connectivity index (χ3v) is 5.52. The molecule has 0 radical (unpaired) electrons. The number of aromatic nitrogens is 1. The van der Waals surface area contributed by atoms with Crippen molar-refractivity contribution in [1.29, 1.82) is 0 Å². The lowest BCUT2D eigenvalue weighted by atomic mass is 10.2. The van der Waals surface area contributed by atoms with Gasteiger partial charge in [-0.2, -0.15) is 0 Å². The summed E-state index contributed by atoms with van der Waals surface area (Å²) in [5.41, 5.74) is 0.421. The Bertz CT molecular complexity index is 923. The van der Waals surface area contributed by atoms with Crippen LogP contribution >= 0.6 is 0 Å². The van der Waals surface area contributed by atoms with Crippen molar-refractivity contribution in [2.24, 2.45) is 0 Å². The maximum Gasteiger partial charge on any atom is 0.217 e. The summed E-state index contributed by atoms with van der Waals surface area (Å²) in [5.74, 6) is -0.907. The first-order valence-corrected chi connectivity index (χ1v) is 10.5. The van der Waals surface area contributed by atoms with E-state index >= 15 is 0 Å². The first-order chi connectivity index (χ1) is 11.3. The zero-order chi connectivity index (χ0) is 17.5. The van der Waals surface area contributed by atoms with Gasteiger partial charge >= 0.3 is 0 Å². The van der Waals surface area contributed by atoms with E-state index in [4.69, 9.17) is 4.74 Å². The third-order valence-electron chi connectivity index (χ3n) is 3.79. The second-order valence-electron chi connectivity index (χ2n) is 6.16. The Morgan fingerprint density at radius 2 is 1.75 bits per heavy atom. The van der Waals surface area contributed by atoms with Crippen LogP contribution in [0.2, 0.25) is 13.1 Å². The van der Waals surface area contributed by atoms with Gasteiger partial charge in [0.05, 0.1) is 5.69 Å².